The molecule has 0 saturated heterocycles. The lowest BCUT2D eigenvalue weighted by atomic mass is 10.2. The van der Waals surface area contributed by atoms with Crippen molar-refractivity contribution in [2.45, 2.75) is 39.7 Å². The van der Waals surface area contributed by atoms with Gasteiger partial charge in [0.2, 0.25) is 29.6 Å². The van der Waals surface area contributed by atoms with Crippen LogP contribution in [0.2, 0.25) is 0 Å². The van der Waals surface area contributed by atoms with Gasteiger partial charge in [-0.25, -0.2) is 19.6 Å². The van der Waals surface area contributed by atoms with E-state index in [1.165, 1.54) is 6.07 Å². The second-order valence-corrected chi connectivity index (χ2v) is 20.9. The molecule has 4 heterocycles. The molecular formula is C58H81N17O12. The van der Waals surface area contributed by atoms with E-state index in [0.717, 1.165) is 22.1 Å². The van der Waals surface area contributed by atoms with Gasteiger partial charge >= 0.3 is 30.1 Å². The molecule has 8 rings (SSSR count). The Bertz CT molecular complexity index is 3500. The summed E-state index contributed by atoms with van der Waals surface area (Å²) in [6.45, 7) is 10.6. The number of fused-ring (bicyclic) bond motifs is 4. The molecule has 0 aliphatic heterocycles. The van der Waals surface area contributed by atoms with E-state index in [1.54, 1.807) is 75.9 Å². The van der Waals surface area contributed by atoms with Crippen LogP contribution in [0.25, 0.3) is 44.3 Å². The molecule has 0 aliphatic rings. The van der Waals surface area contributed by atoms with E-state index in [4.69, 9.17) is 29.5 Å². The van der Waals surface area contributed by atoms with Crippen molar-refractivity contribution in [3.63, 3.8) is 0 Å². The quantitative estimate of drug-likeness (QED) is 0.0448. The number of aromatic carboxylic acids is 1. The number of carboxylic acid groups (broad SMARTS) is 2. The van der Waals surface area contributed by atoms with Gasteiger partial charge in [-0.15, -0.1) is 0 Å². The van der Waals surface area contributed by atoms with Crippen LogP contribution in [0.5, 0.6) is 0 Å². The van der Waals surface area contributed by atoms with E-state index in [9.17, 15) is 33.6 Å². The van der Waals surface area contributed by atoms with Crippen molar-refractivity contribution in [3.8, 4) is 0 Å². The van der Waals surface area contributed by atoms with Crippen LogP contribution in [-0.2, 0) is 38.0 Å². The average molecular weight is 1210 g/mol. The molecule has 0 unspecified atom stereocenters. The van der Waals surface area contributed by atoms with Crippen LogP contribution in [0.3, 0.4) is 0 Å². The van der Waals surface area contributed by atoms with Crippen molar-refractivity contribution >= 4 is 110 Å². The van der Waals surface area contributed by atoms with Crippen molar-refractivity contribution < 1.29 is 57.3 Å². The first kappa shape index (κ1) is 69.8. The van der Waals surface area contributed by atoms with E-state index >= 15 is 0 Å². The lowest BCUT2D eigenvalue weighted by Crippen LogP contribution is -2.40. The molecule has 0 aliphatic carbocycles. The third-order valence-electron chi connectivity index (χ3n) is 11.3. The van der Waals surface area contributed by atoms with Crippen molar-refractivity contribution in [1.82, 2.24) is 70.4 Å². The molecule has 470 valence electrons. The number of para-hydroxylation sites is 4. The van der Waals surface area contributed by atoms with Gasteiger partial charge in [0, 0.05) is 65.3 Å². The molecule has 5 amide bonds. The molecule has 29 nitrogen and oxygen atoms in total. The van der Waals surface area contributed by atoms with Crippen LogP contribution < -0.4 is 43.0 Å². The number of nitrogens with zero attached hydrogens (tertiary/aromatic N) is 9. The smallest absolute Gasteiger partial charge is 0.407 e. The number of nitrogens with two attached hydrogens (primary N) is 1. The van der Waals surface area contributed by atoms with Gasteiger partial charge in [-0.2, -0.15) is 9.97 Å². The highest BCUT2D eigenvalue weighted by molar-refractivity contribution is 5.98. The summed E-state index contributed by atoms with van der Waals surface area (Å²) in [5, 5.41) is 36.6. The second-order valence-electron chi connectivity index (χ2n) is 20.9. The molecule has 0 atom stereocenters. The second kappa shape index (κ2) is 34.3. The topological polar surface area (TPSA) is 377 Å². The Balaban J connectivity index is 0.000000253. The van der Waals surface area contributed by atoms with Crippen molar-refractivity contribution in [2.75, 3.05) is 112 Å². The summed E-state index contributed by atoms with van der Waals surface area (Å²) in [5.41, 5.74) is 11.2. The normalized spacial score (nSPS) is 10.9. The molecule has 87 heavy (non-hydrogen) atoms. The summed E-state index contributed by atoms with van der Waals surface area (Å²) >= 11 is 0. The van der Waals surface area contributed by atoms with Gasteiger partial charge in [0.15, 0.2) is 11.2 Å². The Morgan fingerprint density at radius 3 is 1.39 bits per heavy atom. The number of hydrogen-bond donors (Lipinski definition) is 10. The SMILES string of the molecule is CCC(=O)NCCNC(=O)c1ccc2c(c1)nc(Nc1nc3ccccc3o1)n2C.CN(C)CC(=O)NCCN.CN(C)CC(=O)NCCNC(=O)OC(C)(C)C.CN(C)CC(=O)O.Cn1c(Nc2nc3ccccc3o2)nc2cc(C(=O)O)ccc21. The number of benzene rings is 4. The molecule has 0 saturated carbocycles. The zero-order valence-corrected chi connectivity index (χ0v) is 51.2. The number of nitrogens with one attached hydrogen (secondary N) is 7. The molecule has 0 radical (unpaired) electrons. The number of likely N-dealkylation sites (N-methyl/N-ethyl adjacent to an activating group) is 3. The number of ether oxygens (including phenoxy) is 1. The minimum Gasteiger partial charge on any atom is -0.480 e. The van der Waals surface area contributed by atoms with Gasteiger partial charge in [0.25, 0.3) is 5.91 Å². The van der Waals surface area contributed by atoms with Crippen LogP contribution in [0.4, 0.5) is 28.7 Å². The molecule has 4 aromatic heterocycles. The van der Waals surface area contributed by atoms with Crippen molar-refractivity contribution in [2.24, 2.45) is 19.8 Å². The van der Waals surface area contributed by atoms with E-state index in [1.807, 2.05) is 111 Å². The number of alkyl carbamates (subject to hydrolysis) is 1. The lowest BCUT2D eigenvalue weighted by molar-refractivity contribution is -0.137. The summed E-state index contributed by atoms with van der Waals surface area (Å²) in [6.07, 6.45) is -0.0520. The lowest BCUT2D eigenvalue weighted by Gasteiger charge is -2.19. The molecule has 0 spiro atoms. The summed E-state index contributed by atoms with van der Waals surface area (Å²) in [7, 11) is 14.5. The number of imidazole rings is 2. The number of hydrogen-bond acceptors (Lipinski definition) is 20. The third kappa shape index (κ3) is 24.4. The van der Waals surface area contributed by atoms with E-state index in [2.05, 4.69) is 57.2 Å². The number of carboxylic acids is 2. The number of aromatic nitrogens is 6. The predicted octanol–water partition coefficient (Wildman–Crippen LogP) is 4.31. The first-order valence-corrected chi connectivity index (χ1v) is 27.5. The van der Waals surface area contributed by atoms with Gasteiger partial charge in [-0.1, -0.05) is 31.2 Å². The monoisotopic (exact) mass is 1210 g/mol. The summed E-state index contributed by atoms with van der Waals surface area (Å²) in [4.78, 5) is 101. The van der Waals surface area contributed by atoms with Gasteiger partial charge in [0.1, 0.15) is 16.6 Å². The number of carbonyl (C=O) groups excluding carboxylic acids is 5. The maximum atomic E-state index is 12.4. The minimum atomic E-state index is -0.981. The third-order valence-corrected chi connectivity index (χ3v) is 11.3. The Labute approximate surface area is 503 Å². The zero-order valence-electron chi connectivity index (χ0n) is 51.2. The van der Waals surface area contributed by atoms with Gasteiger partial charge in [0.05, 0.1) is 47.3 Å². The highest BCUT2D eigenvalue weighted by Gasteiger charge is 2.18. The average Bonchev–Trinajstić information content (AvgIpc) is 2.05. The van der Waals surface area contributed by atoms with E-state index < -0.39 is 23.6 Å². The number of anilines is 4. The zero-order chi connectivity index (χ0) is 64.4. The number of oxazole rings is 2. The molecule has 11 N–H and O–H groups in total. The fourth-order valence-electron chi connectivity index (χ4n) is 7.39. The van der Waals surface area contributed by atoms with Gasteiger partial charge in [-0.05, 0) is 124 Å². The number of rotatable bonds is 21. The largest absolute Gasteiger partial charge is 0.480 e. The first-order valence-electron chi connectivity index (χ1n) is 27.5. The number of aryl methyl sites for hydroxylation is 2. The predicted molar refractivity (Wildman–Crippen MR) is 331 cm³/mol. The Morgan fingerprint density at radius 1 is 0.552 bits per heavy atom. The van der Waals surface area contributed by atoms with Crippen LogP contribution in [0.1, 0.15) is 54.8 Å². The van der Waals surface area contributed by atoms with Gasteiger partial charge < -0.3 is 75.0 Å². The summed E-state index contributed by atoms with van der Waals surface area (Å²) < 4.78 is 20.0. The molecule has 0 fully saturated rings. The number of aliphatic carboxylic acids is 1. The van der Waals surface area contributed by atoms with E-state index in [-0.39, 0.29) is 35.7 Å². The van der Waals surface area contributed by atoms with Crippen LogP contribution in [-0.4, -0.2) is 202 Å². The molecule has 8 aromatic rings. The number of carbonyl (C=O) groups is 7. The number of amides is 5. The van der Waals surface area contributed by atoms with Crippen LogP contribution in [0, 0.1) is 0 Å². The molecular weight excluding hydrogens is 1130 g/mol. The van der Waals surface area contributed by atoms with Crippen molar-refractivity contribution in [3.05, 3.63) is 96.1 Å². The first-order chi connectivity index (χ1) is 41.2. The maximum absolute atomic E-state index is 12.4. The van der Waals surface area contributed by atoms with E-state index in [0.29, 0.717) is 110 Å². The summed E-state index contributed by atoms with van der Waals surface area (Å²) in [6, 6.07) is 25.8. The molecule has 29 heteroatoms. The van der Waals surface area contributed by atoms with Gasteiger partial charge in [-0.3, -0.25) is 39.5 Å². The fourth-order valence-corrected chi connectivity index (χ4v) is 7.39. The standard InChI is InChI=1S/C21H22N6O3.C16H12N4O3.C11H23N3O3.C6H15N3O.C4H9NO2/c1-3-18(28)22-10-11-23-19(29)13-8-9-16-15(12-13)24-20(27(16)2)26-21-25-14-6-4-5-7-17(14)30-21;1-20-12-7-6-9(14(21)22)8-11(12)17-15(20)19-16-18-10-4-2-3-5-13(10)23-16;1-11(2,3)17-10(16)13-7-6-12-9(15)8-14(4)5;1-9(2)5-6(10)8-4-3-7;1-5(2)3-4(6)7/h4-9,12H,3,10-11H2,1-2H3,(H,22,28)(H,23,29)(H,24,25,26);2-8H,1H3,(H,21,22)(H,17,18,19);6-8H2,1-5H3,(H,12,15)(H,13,16);3-5,7H2,1-2H3,(H,8,10);3H2,1-2H3,(H,6,7). The highest BCUT2D eigenvalue weighted by Crippen LogP contribution is 2.27. The fraction of sp³-hybridized carbons (Fsp3) is 0.397. The van der Waals surface area contributed by atoms with Crippen LogP contribution >= 0.6 is 0 Å². The maximum Gasteiger partial charge on any atom is 0.407 e. The molecule has 4 aromatic carbocycles. The Kier molecular flexibility index (Phi) is 27.5. The Hall–Kier alpha value is -9.71. The van der Waals surface area contributed by atoms with Crippen LogP contribution in [0.15, 0.2) is 93.8 Å². The Morgan fingerprint density at radius 2 is 0.977 bits per heavy atom. The van der Waals surface area contributed by atoms with Crippen molar-refractivity contribution in [1.29, 1.82) is 0 Å². The minimum absolute atomic E-state index is 0.0236. The highest BCUT2D eigenvalue weighted by atomic mass is 16.6. The molecule has 0 bridgehead atoms. The summed E-state index contributed by atoms with van der Waals surface area (Å²) in [5.74, 6) is -1.00.